The third-order valence-electron chi connectivity index (χ3n) is 8.01. The number of carbonyl (C=O) groups excluding carboxylic acids is 3. The molecule has 47 heavy (non-hydrogen) atoms. The Bertz CT molecular complexity index is 1820. The molecule has 1 unspecified atom stereocenters. The van der Waals surface area contributed by atoms with Crippen LogP contribution in [-0.2, 0) is 19.1 Å². The maximum atomic E-state index is 14.6. The molecule has 4 heterocycles. The zero-order valence-electron chi connectivity index (χ0n) is 25.4. The van der Waals surface area contributed by atoms with Gasteiger partial charge in [0, 0.05) is 49.7 Å². The number of nitrogens with zero attached hydrogens (tertiary/aromatic N) is 4. The second-order valence-corrected chi connectivity index (χ2v) is 11.1. The maximum Gasteiger partial charge on any atom is 0.336 e. The number of hydrogen-bond acceptors (Lipinski definition) is 11. The molecule has 6 rings (SSSR count). The maximum absolute atomic E-state index is 14.6. The number of amides is 3. The highest BCUT2D eigenvalue weighted by atomic mass is 19.1. The SMILES string of the molecule is O=C1CCC(c2ccc(OCCOCCC(=O)N3CCN(c4ncc(F)c(Nc5ccc6oc(=O)ccc6c5)n4)CC3)cc2)C(=O)N1. The van der Waals surface area contributed by atoms with Crippen LogP contribution in [-0.4, -0.2) is 78.6 Å². The smallest absolute Gasteiger partial charge is 0.336 e. The molecule has 2 fully saturated rings. The highest BCUT2D eigenvalue weighted by Crippen LogP contribution is 2.27. The quantitative estimate of drug-likeness (QED) is 0.141. The lowest BCUT2D eigenvalue weighted by Crippen LogP contribution is -2.49. The summed E-state index contributed by atoms with van der Waals surface area (Å²) in [4.78, 5) is 59.8. The van der Waals surface area contributed by atoms with Crippen molar-refractivity contribution in [3.63, 3.8) is 0 Å². The summed E-state index contributed by atoms with van der Waals surface area (Å²) in [7, 11) is 0. The minimum atomic E-state index is -0.615. The fourth-order valence-corrected chi connectivity index (χ4v) is 5.49. The van der Waals surface area contributed by atoms with E-state index < -0.39 is 11.4 Å². The molecule has 2 aromatic carbocycles. The second-order valence-electron chi connectivity index (χ2n) is 11.1. The summed E-state index contributed by atoms with van der Waals surface area (Å²) in [6, 6.07) is 15.2. The number of anilines is 3. The minimum absolute atomic E-state index is 0.00982. The lowest BCUT2D eigenvalue weighted by Gasteiger charge is -2.34. The number of piperazine rings is 1. The zero-order valence-corrected chi connectivity index (χ0v) is 25.4. The monoisotopic (exact) mass is 644 g/mol. The summed E-state index contributed by atoms with van der Waals surface area (Å²) in [5, 5.41) is 6.01. The summed E-state index contributed by atoms with van der Waals surface area (Å²) in [5.74, 6) is -0.501. The number of carbonyl (C=O) groups is 3. The van der Waals surface area contributed by atoms with Gasteiger partial charge in [0.25, 0.3) is 0 Å². The number of imide groups is 1. The van der Waals surface area contributed by atoms with Gasteiger partial charge in [-0.1, -0.05) is 12.1 Å². The van der Waals surface area contributed by atoms with Crippen molar-refractivity contribution in [2.45, 2.75) is 25.2 Å². The first-order valence-corrected chi connectivity index (χ1v) is 15.3. The van der Waals surface area contributed by atoms with Crippen molar-refractivity contribution in [3.05, 3.63) is 82.6 Å². The molecule has 0 aliphatic carbocycles. The molecule has 0 spiro atoms. The summed E-state index contributed by atoms with van der Waals surface area (Å²) < 4.78 is 31.0. The molecular formula is C33H33FN6O7. The Hall–Kier alpha value is -5.37. The first-order chi connectivity index (χ1) is 22.8. The van der Waals surface area contributed by atoms with Gasteiger partial charge in [-0.3, -0.25) is 19.7 Å². The molecule has 3 amide bonds. The molecule has 0 radical (unpaired) electrons. The largest absolute Gasteiger partial charge is 0.491 e. The van der Waals surface area contributed by atoms with Crippen LogP contribution in [0.3, 0.4) is 0 Å². The summed E-state index contributed by atoms with van der Waals surface area (Å²) >= 11 is 0. The van der Waals surface area contributed by atoms with E-state index in [0.717, 1.165) is 11.8 Å². The number of nitrogens with one attached hydrogen (secondary N) is 2. The van der Waals surface area contributed by atoms with Crippen molar-refractivity contribution in [3.8, 4) is 5.75 Å². The molecule has 13 nitrogen and oxygen atoms in total. The number of hydrogen-bond donors (Lipinski definition) is 2. The Balaban J connectivity index is 0.903. The van der Waals surface area contributed by atoms with Crippen LogP contribution in [0.5, 0.6) is 5.75 Å². The van der Waals surface area contributed by atoms with E-state index in [0.29, 0.717) is 80.6 Å². The van der Waals surface area contributed by atoms with E-state index in [9.17, 15) is 23.6 Å². The van der Waals surface area contributed by atoms with Gasteiger partial charge < -0.3 is 29.0 Å². The molecule has 2 N–H and O–H groups in total. The summed E-state index contributed by atoms with van der Waals surface area (Å²) in [6.07, 6.45) is 2.16. The van der Waals surface area contributed by atoms with E-state index in [4.69, 9.17) is 13.9 Å². The number of piperidine rings is 1. The van der Waals surface area contributed by atoms with Gasteiger partial charge in [-0.2, -0.15) is 4.98 Å². The highest BCUT2D eigenvalue weighted by molar-refractivity contribution is 6.00. The first kappa shape index (κ1) is 31.6. The van der Waals surface area contributed by atoms with Gasteiger partial charge in [0.05, 0.1) is 31.7 Å². The van der Waals surface area contributed by atoms with Crippen LogP contribution in [0, 0.1) is 5.82 Å². The number of ether oxygens (including phenoxy) is 2. The molecule has 14 heteroatoms. The Labute approximate surface area is 268 Å². The third kappa shape index (κ3) is 7.90. The van der Waals surface area contributed by atoms with Gasteiger partial charge in [-0.15, -0.1) is 0 Å². The van der Waals surface area contributed by atoms with Gasteiger partial charge in [-0.25, -0.2) is 14.2 Å². The fraction of sp³-hybridized carbons (Fsp3) is 0.333. The molecule has 1 atom stereocenters. The van der Waals surface area contributed by atoms with Crippen molar-refractivity contribution < 1.29 is 32.7 Å². The van der Waals surface area contributed by atoms with Crippen molar-refractivity contribution in [2.75, 3.05) is 56.2 Å². The Morgan fingerprint density at radius 1 is 1.00 bits per heavy atom. The standard InChI is InChI=1S/C33H33FN6O7/c34-26-20-35-33(38-31(26)36-23-4-8-27-22(19-23)3-10-30(43)47-27)40-14-12-39(13-15-40)29(42)11-16-45-17-18-46-24-5-1-21(2-6-24)25-7-9-28(41)37-32(25)44/h1-6,8,10,19-20,25H,7,9,11-18H2,(H,35,36,38)(H,37,41,44). The van der Waals surface area contributed by atoms with Crippen LogP contribution < -0.4 is 25.9 Å². The van der Waals surface area contributed by atoms with Crippen LogP contribution in [0.25, 0.3) is 11.0 Å². The van der Waals surface area contributed by atoms with Crippen molar-refractivity contribution in [1.82, 2.24) is 20.2 Å². The van der Waals surface area contributed by atoms with Gasteiger partial charge in [0.2, 0.25) is 23.7 Å². The van der Waals surface area contributed by atoms with E-state index in [-0.39, 0.29) is 42.5 Å². The van der Waals surface area contributed by atoms with Gasteiger partial charge >= 0.3 is 5.63 Å². The van der Waals surface area contributed by atoms with Crippen LogP contribution in [0.4, 0.5) is 21.8 Å². The molecule has 4 aromatic rings. The summed E-state index contributed by atoms with van der Waals surface area (Å²) in [6.45, 7) is 2.79. The predicted molar refractivity (Wildman–Crippen MR) is 169 cm³/mol. The molecule has 0 saturated carbocycles. The number of rotatable bonds is 11. The van der Waals surface area contributed by atoms with E-state index in [2.05, 4.69) is 20.6 Å². The van der Waals surface area contributed by atoms with Crippen LogP contribution in [0.2, 0.25) is 0 Å². The Morgan fingerprint density at radius 3 is 2.60 bits per heavy atom. The molecule has 244 valence electrons. The lowest BCUT2D eigenvalue weighted by molar-refractivity contribution is -0.134. The predicted octanol–water partition coefficient (Wildman–Crippen LogP) is 3.12. The molecule has 2 aliphatic rings. The average molecular weight is 645 g/mol. The Kier molecular flexibility index (Phi) is 9.67. The van der Waals surface area contributed by atoms with E-state index in [1.54, 1.807) is 41.3 Å². The van der Waals surface area contributed by atoms with Gasteiger partial charge in [0.15, 0.2) is 11.6 Å². The molecule has 0 bridgehead atoms. The normalized spacial score (nSPS) is 16.7. The minimum Gasteiger partial charge on any atom is -0.491 e. The van der Waals surface area contributed by atoms with Crippen molar-refractivity contribution in [2.24, 2.45) is 0 Å². The van der Waals surface area contributed by atoms with Crippen LogP contribution in [0.15, 0.2) is 70.0 Å². The molecule has 2 aliphatic heterocycles. The van der Waals surface area contributed by atoms with E-state index >= 15 is 0 Å². The number of aromatic nitrogens is 2. The van der Waals surface area contributed by atoms with Gasteiger partial charge in [-0.05, 0) is 48.4 Å². The van der Waals surface area contributed by atoms with Crippen LogP contribution >= 0.6 is 0 Å². The topological polar surface area (TPSA) is 156 Å². The average Bonchev–Trinajstić information content (AvgIpc) is 3.08. The number of benzene rings is 2. The fourth-order valence-electron chi connectivity index (χ4n) is 5.49. The van der Waals surface area contributed by atoms with E-state index in [1.165, 1.54) is 6.07 Å². The number of halogens is 1. The lowest BCUT2D eigenvalue weighted by atomic mass is 9.90. The first-order valence-electron chi connectivity index (χ1n) is 15.3. The molecule has 2 aromatic heterocycles. The third-order valence-corrected chi connectivity index (χ3v) is 8.01. The summed E-state index contributed by atoms with van der Waals surface area (Å²) in [5.41, 5.74) is 1.38. The highest BCUT2D eigenvalue weighted by Gasteiger charge is 2.28. The Morgan fingerprint density at radius 2 is 1.81 bits per heavy atom. The molecular weight excluding hydrogens is 611 g/mol. The van der Waals surface area contributed by atoms with Crippen molar-refractivity contribution in [1.29, 1.82) is 0 Å². The van der Waals surface area contributed by atoms with Gasteiger partial charge in [0.1, 0.15) is 17.9 Å². The zero-order chi connectivity index (χ0) is 32.8. The van der Waals surface area contributed by atoms with E-state index in [1.807, 2.05) is 17.0 Å². The van der Waals surface area contributed by atoms with Crippen molar-refractivity contribution >= 4 is 46.1 Å². The number of fused-ring (bicyclic) bond motifs is 1. The molecule has 2 saturated heterocycles. The second kappa shape index (κ2) is 14.4. The van der Waals surface area contributed by atoms with Crippen LogP contribution in [0.1, 0.15) is 30.7 Å².